The van der Waals surface area contributed by atoms with Crippen molar-refractivity contribution in [3.8, 4) is 0 Å². The van der Waals surface area contributed by atoms with Crippen molar-refractivity contribution in [3.63, 3.8) is 0 Å². The van der Waals surface area contributed by atoms with Crippen molar-refractivity contribution in [1.29, 1.82) is 0 Å². The summed E-state index contributed by atoms with van der Waals surface area (Å²) in [5.74, 6) is -0.337. The molecule has 1 aromatic rings. The molecule has 11 heavy (non-hydrogen) atoms. The van der Waals surface area contributed by atoms with Gasteiger partial charge in [-0.05, 0) is 12.1 Å². The third-order valence-electron chi connectivity index (χ3n) is 1.46. The Morgan fingerprint density at radius 2 is 1.55 bits per heavy atom. The maximum absolute atomic E-state index is 12.8. The lowest BCUT2D eigenvalue weighted by molar-refractivity contribution is 0.564. The number of hydrogen-bond donors (Lipinski definition) is 0. The monoisotopic (exact) mass is 155 g/mol. The molecule has 0 aliphatic heterocycles. The molecule has 0 atom stereocenters. The third-order valence-corrected chi connectivity index (χ3v) is 1.46. The Morgan fingerprint density at radius 3 is 1.82 bits per heavy atom. The SMILES string of the molecule is C[C](C)c1c(F)cccc1F. The largest absolute Gasteiger partial charge is 0.207 e. The molecule has 0 aromatic heterocycles. The second-order valence-corrected chi connectivity index (χ2v) is 2.60. The second kappa shape index (κ2) is 2.99. The van der Waals surface area contributed by atoms with Gasteiger partial charge < -0.3 is 0 Å². The maximum Gasteiger partial charge on any atom is 0.129 e. The topological polar surface area (TPSA) is 0 Å². The minimum absolute atomic E-state index is 0.0903. The van der Waals surface area contributed by atoms with Gasteiger partial charge in [0, 0.05) is 11.5 Å². The van der Waals surface area contributed by atoms with Crippen molar-refractivity contribution < 1.29 is 8.78 Å². The third kappa shape index (κ3) is 1.56. The molecule has 0 bridgehead atoms. The molecule has 0 aliphatic carbocycles. The molecule has 1 rings (SSSR count). The fraction of sp³-hybridized carbons (Fsp3) is 0.222. The molecule has 2 heteroatoms. The smallest absolute Gasteiger partial charge is 0.129 e. The molecule has 0 amide bonds. The summed E-state index contributed by atoms with van der Waals surface area (Å²) in [4.78, 5) is 0. The van der Waals surface area contributed by atoms with Crippen molar-refractivity contribution in [3.05, 3.63) is 41.3 Å². The van der Waals surface area contributed by atoms with Gasteiger partial charge in [0.15, 0.2) is 0 Å². The Labute approximate surface area is 64.9 Å². The van der Waals surface area contributed by atoms with E-state index < -0.39 is 11.6 Å². The fourth-order valence-electron chi connectivity index (χ4n) is 0.975. The van der Waals surface area contributed by atoms with Crippen molar-refractivity contribution in [2.45, 2.75) is 13.8 Å². The molecule has 0 aliphatic rings. The zero-order chi connectivity index (χ0) is 8.43. The summed E-state index contributed by atoms with van der Waals surface area (Å²) in [6, 6.07) is 3.87. The van der Waals surface area contributed by atoms with Crippen molar-refractivity contribution >= 4 is 0 Å². The molecule has 0 saturated heterocycles. The fourth-order valence-corrected chi connectivity index (χ4v) is 0.975. The molecule has 0 saturated carbocycles. The van der Waals surface area contributed by atoms with Gasteiger partial charge in [0.05, 0.1) is 0 Å². The lowest BCUT2D eigenvalue weighted by Crippen LogP contribution is -1.97. The highest BCUT2D eigenvalue weighted by Gasteiger charge is 2.11. The van der Waals surface area contributed by atoms with E-state index in [2.05, 4.69) is 0 Å². The van der Waals surface area contributed by atoms with Gasteiger partial charge in [-0.3, -0.25) is 0 Å². The van der Waals surface area contributed by atoms with Crippen LogP contribution in [0.5, 0.6) is 0 Å². The number of rotatable bonds is 1. The van der Waals surface area contributed by atoms with Crippen molar-refractivity contribution in [2.24, 2.45) is 0 Å². The van der Waals surface area contributed by atoms with Crippen LogP contribution in [-0.4, -0.2) is 0 Å². The minimum atomic E-state index is -0.495. The Morgan fingerprint density at radius 1 is 1.09 bits per heavy atom. The van der Waals surface area contributed by atoms with Crippen LogP contribution in [0, 0.1) is 17.6 Å². The van der Waals surface area contributed by atoms with Gasteiger partial charge in [-0.15, -0.1) is 0 Å². The second-order valence-electron chi connectivity index (χ2n) is 2.60. The van der Waals surface area contributed by atoms with E-state index in [1.54, 1.807) is 13.8 Å². The van der Waals surface area contributed by atoms with Gasteiger partial charge in [-0.2, -0.15) is 0 Å². The average Bonchev–Trinajstić information content (AvgIpc) is 1.85. The van der Waals surface area contributed by atoms with Crippen LogP contribution in [0.3, 0.4) is 0 Å². The summed E-state index contributed by atoms with van der Waals surface area (Å²) in [5.41, 5.74) is 0.0903. The summed E-state index contributed by atoms with van der Waals surface area (Å²) in [5, 5.41) is 0. The molecule has 0 fully saturated rings. The Kier molecular flexibility index (Phi) is 2.22. The Balaban J connectivity index is 3.21. The highest BCUT2D eigenvalue weighted by atomic mass is 19.1. The first-order valence-electron chi connectivity index (χ1n) is 3.37. The number of benzene rings is 1. The van der Waals surface area contributed by atoms with Crippen LogP contribution in [0.25, 0.3) is 0 Å². The van der Waals surface area contributed by atoms with Crippen LogP contribution in [0.15, 0.2) is 18.2 Å². The summed E-state index contributed by atoms with van der Waals surface area (Å²) in [7, 11) is 0. The van der Waals surface area contributed by atoms with Crippen molar-refractivity contribution in [2.75, 3.05) is 0 Å². The van der Waals surface area contributed by atoms with E-state index in [0.29, 0.717) is 5.92 Å². The van der Waals surface area contributed by atoms with Crippen LogP contribution in [0.4, 0.5) is 8.78 Å². The molecule has 0 heterocycles. The molecular weight excluding hydrogens is 146 g/mol. The summed E-state index contributed by atoms with van der Waals surface area (Å²) < 4.78 is 25.7. The normalized spacial score (nSPS) is 10.6. The van der Waals surface area contributed by atoms with Gasteiger partial charge in [-0.1, -0.05) is 19.9 Å². The van der Waals surface area contributed by atoms with Crippen LogP contribution >= 0.6 is 0 Å². The van der Waals surface area contributed by atoms with E-state index in [9.17, 15) is 8.78 Å². The van der Waals surface area contributed by atoms with E-state index in [0.717, 1.165) is 0 Å². The molecule has 0 spiro atoms. The van der Waals surface area contributed by atoms with Crippen LogP contribution < -0.4 is 0 Å². The lowest BCUT2D eigenvalue weighted by Gasteiger charge is -2.06. The quantitative estimate of drug-likeness (QED) is 0.585. The van der Waals surface area contributed by atoms with E-state index in [4.69, 9.17) is 0 Å². The molecular formula is C9H9F2. The first kappa shape index (κ1) is 8.18. The minimum Gasteiger partial charge on any atom is -0.207 e. The summed E-state index contributed by atoms with van der Waals surface area (Å²) in [6.45, 7) is 3.36. The van der Waals surface area contributed by atoms with Crippen LogP contribution in [0.1, 0.15) is 19.4 Å². The highest BCUT2D eigenvalue weighted by Crippen LogP contribution is 2.20. The first-order valence-corrected chi connectivity index (χ1v) is 3.37. The molecule has 59 valence electrons. The molecule has 0 unspecified atom stereocenters. The predicted molar refractivity (Wildman–Crippen MR) is 40.1 cm³/mol. The summed E-state index contributed by atoms with van der Waals surface area (Å²) >= 11 is 0. The van der Waals surface area contributed by atoms with Crippen LogP contribution in [0.2, 0.25) is 0 Å². The first-order chi connectivity index (χ1) is 5.13. The van der Waals surface area contributed by atoms with Gasteiger partial charge in [-0.25, -0.2) is 8.78 Å². The lowest BCUT2D eigenvalue weighted by atomic mass is 10.0. The molecule has 1 radical (unpaired) electrons. The van der Waals surface area contributed by atoms with E-state index >= 15 is 0 Å². The predicted octanol–water partition coefficient (Wildman–Crippen LogP) is 2.93. The Hall–Kier alpha value is -0.920. The standard InChI is InChI=1S/C9H9F2/c1-6(2)9-7(10)4-3-5-8(9)11/h3-5H,1-2H3. The summed E-state index contributed by atoms with van der Waals surface area (Å²) in [6.07, 6.45) is 0. The maximum atomic E-state index is 12.8. The van der Waals surface area contributed by atoms with E-state index in [1.165, 1.54) is 18.2 Å². The van der Waals surface area contributed by atoms with Crippen molar-refractivity contribution in [1.82, 2.24) is 0 Å². The van der Waals surface area contributed by atoms with Gasteiger partial charge >= 0.3 is 0 Å². The zero-order valence-corrected chi connectivity index (χ0v) is 6.49. The van der Waals surface area contributed by atoms with Gasteiger partial charge in [0.2, 0.25) is 0 Å². The Bertz CT molecular complexity index is 233. The van der Waals surface area contributed by atoms with Gasteiger partial charge in [0.25, 0.3) is 0 Å². The zero-order valence-electron chi connectivity index (χ0n) is 6.49. The molecule has 0 N–H and O–H groups in total. The molecule has 1 aromatic carbocycles. The van der Waals surface area contributed by atoms with E-state index in [-0.39, 0.29) is 5.56 Å². The number of hydrogen-bond acceptors (Lipinski definition) is 0. The highest BCUT2D eigenvalue weighted by molar-refractivity contribution is 5.30. The van der Waals surface area contributed by atoms with Crippen LogP contribution in [-0.2, 0) is 0 Å². The van der Waals surface area contributed by atoms with Gasteiger partial charge in [0.1, 0.15) is 11.6 Å². The van der Waals surface area contributed by atoms with E-state index in [1.807, 2.05) is 0 Å². The molecule has 0 nitrogen and oxygen atoms in total. The average molecular weight is 155 g/mol. The number of halogens is 2.